The molecular weight excluding hydrogens is 280 g/mol. The third-order valence-corrected chi connectivity index (χ3v) is 4.36. The SMILES string of the molecule is CC(=O)Nc1nc2cc(C(C)(C)C)c(C(C)(C)C)cc2s1. The van der Waals surface area contributed by atoms with Crippen LogP contribution in [-0.2, 0) is 15.6 Å². The highest BCUT2D eigenvalue weighted by Gasteiger charge is 2.26. The fourth-order valence-corrected chi connectivity index (χ4v) is 3.35. The van der Waals surface area contributed by atoms with E-state index in [1.165, 1.54) is 29.4 Å². The number of nitrogens with zero attached hydrogens (tertiary/aromatic N) is 1. The molecule has 1 aromatic heterocycles. The minimum atomic E-state index is -0.0823. The van der Waals surface area contributed by atoms with Crippen LogP contribution in [0.2, 0.25) is 0 Å². The van der Waals surface area contributed by atoms with Gasteiger partial charge in [0.05, 0.1) is 10.2 Å². The Bertz CT molecular complexity index is 636. The van der Waals surface area contributed by atoms with E-state index >= 15 is 0 Å². The molecule has 2 aromatic rings. The predicted molar refractivity (Wildman–Crippen MR) is 91.3 cm³/mol. The molecule has 3 nitrogen and oxygen atoms in total. The van der Waals surface area contributed by atoms with Crippen LogP contribution in [0.25, 0.3) is 10.2 Å². The summed E-state index contributed by atoms with van der Waals surface area (Å²) in [5.41, 5.74) is 3.77. The number of amides is 1. The van der Waals surface area contributed by atoms with Gasteiger partial charge in [0.25, 0.3) is 0 Å². The highest BCUT2D eigenvalue weighted by molar-refractivity contribution is 7.22. The Morgan fingerprint density at radius 2 is 1.57 bits per heavy atom. The number of aromatic nitrogens is 1. The lowest BCUT2D eigenvalue weighted by Gasteiger charge is -2.30. The molecule has 0 aliphatic heterocycles. The minimum Gasteiger partial charge on any atom is -0.302 e. The third kappa shape index (κ3) is 3.43. The number of carbonyl (C=O) groups excluding carboxylic acids is 1. The second kappa shape index (κ2) is 5.09. The van der Waals surface area contributed by atoms with Gasteiger partial charge < -0.3 is 5.32 Å². The Morgan fingerprint density at radius 1 is 1.05 bits per heavy atom. The first-order chi connectivity index (χ1) is 9.48. The fourth-order valence-electron chi connectivity index (χ4n) is 2.42. The van der Waals surface area contributed by atoms with E-state index in [-0.39, 0.29) is 16.7 Å². The maximum absolute atomic E-state index is 11.2. The summed E-state index contributed by atoms with van der Waals surface area (Å²) in [4.78, 5) is 15.7. The molecule has 114 valence electrons. The molecular formula is C17H24N2OS. The molecule has 4 heteroatoms. The Labute approximate surface area is 130 Å². The average Bonchev–Trinajstić information content (AvgIpc) is 2.64. The Kier molecular flexibility index (Phi) is 3.87. The zero-order valence-electron chi connectivity index (χ0n) is 13.9. The summed E-state index contributed by atoms with van der Waals surface area (Å²) in [6, 6.07) is 4.41. The van der Waals surface area contributed by atoms with Crippen LogP contribution in [0.4, 0.5) is 5.13 Å². The number of nitrogens with one attached hydrogen (secondary N) is 1. The van der Waals surface area contributed by atoms with Gasteiger partial charge in [-0.15, -0.1) is 0 Å². The quantitative estimate of drug-likeness (QED) is 0.818. The first-order valence-electron chi connectivity index (χ1n) is 7.21. The molecule has 0 aliphatic carbocycles. The lowest BCUT2D eigenvalue weighted by molar-refractivity contribution is -0.114. The largest absolute Gasteiger partial charge is 0.302 e. The lowest BCUT2D eigenvalue weighted by Crippen LogP contribution is -2.21. The van der Waals surface area contributed by atoms with E-state index in [1.807, 2.05) is 0 Å². The van der Waals surface area contributed by atoms with Gasteiger partial charge >= 0.3 is 0 Å². The fraction of sp³-hybridized carbons (Fsp3) is 0.529. The summed E-state index contributed by atoms with van der Waals surface area (Å²) in [6.07, 6.45) is 0. The summed E-state index contributed by atoms with van der Waals surface area (Å²) in [5, 5.41) is 3.45. The molecule has 0 saturated carbocycles. The first-order valence-corrected chi connectivity index (χ1v) is 8.03. The van der Waals surface area contributed by atoms with Gasteiger partial charge in [-0.25, -0.2) is 4.98 Å². The number of carbonyl (C=O) groups is 1. The van der Waals surface area contributed by atoms with Crippen molar-refractivity contribution in [2.75, 3.05) is 5.32 Å². The number of benzene rings is 1. The van der Waals surface area contributed by atoms with Crippen LogP contribution >= 0.6 is 11.3 Å². The highest BCUT2D eigenvalue weighted by Crippen LogP contribution is 2.38. The number of fused-ring (bicyclic) bond motifs is 1. The van der Waals surface area contributed by atoms with Crippen molar-refractivity contribution in [2.24, 2.45) is 0 Å². The second-order valence-corrected chi connectivity index (χ2v) is 8.60. The van der Waals surface area contributed by atoms with Crippen molar-refractivity contribution in [3.8, 4) is 0 Å². The van der Waals surface area contributed by atoms with Crippen molar-refractivity contribution in [2.45, 2.75) is 59.3 Å². The van der Waals surface area contributed by atoms with Crippen molar-refractivity contribution < 1.29 is 4.79 Å². The maximum atomic E-state index is 11.2. The van der Waals surface area contributed by atoms with Crippen LogP contribution in [0, 0.1) is 0 Å². The molecule has 0 bridgehead atoms. The lowest BCUT2D eigenvalue weighted by atomic mass is 9.75. The Hall–Kier alpha value is -1.42. The van der Waals surface area contributed by atoms with Crippen LogP contribution < -0.4 is 5.32 Å². The molecule has 0 spiro atoms. The van der Waals surface area contributed by atoms with Crippen LogP contribution in [0.3, 0.4) is 0 Å². The van der Waals surface area contributed by atoms with E-state index in [0.717, 1.165) is 10.2 Å². The van der Waals surface area contributed by atoms with Crippen molar-refractivity contribution in [3.05, 3.63) is 23.3 Å². The molecule has 0 unspecified atom stereocenters. The summed E-state index contributed by atoms with van der Waals surface area (Å²) in [5.74, 6) is -0.0823. The van der Waals surface area contributed by atoms with Crippen molar-refractivity contribution in [1.29, 1.82) is 0 Å². The molecule has 0 aliphatic rings. The van der Waals surface area contributed by atoms with Gasteiger partial charge in [-0.2, -0.15) is 0 Å². The van der Waals surface area contributed by atoms with Gasteiger partial charge in [-0.05, 0) is 34.1 Å². The van der Waals surface area contributed by atoms with Crippen molar-refractivity contribution in [3.63, 3.8) is 0 Å². The summed E-state index contributed by atoms with van der Waals surface area (Å²) < 4.78 is 1.12. The van der Waals surface area contributed by atoms with Gasteiger partial charge in [-0.1, -0.05) is 52.9 Å². The van der Waals surface area contributed by atoms with E-state index in [1.54, 1.807) is 0 Å². The van der Waals surface area contributed by atoms with Crippen molar-refractivity contribution in [1.82, 2.24) is 4.98 Å². The molecule has 2 rings (SSSR count). The molecule has 21 heavy (non-hydrogen) atoms. The monoisotopic (exact) mass is 304 g/mol. The minimum absolute atomic E-state index is 0.0641. The van der Waals surface area contributed by atoms with E-state index in [4.69, 9.17) is 0 Å². The number of thiazole rings is 1. The van der Waals surface area contributed by atoms with E-state index in [0.29, 0.717) is 5.13 Å². The van der Waals surface area contributed by atoms with E-state index in [9.17, 15) is 4.79 Å². The first kappa shape index (κ1) is 16.0. The molecule has 0 fully saturated rings. The van der Waals surface area contributed by atoms with Crippen LogP contribution in [0.5, 0.6) is 0 Å². The molecule has 0 radical (unpaired) electrons. The number of rotatable bonds is 1. The van der Waals surface area contributed by atoms with Crippen LogP contribution in [-0.4, -0.2) is 10.9 Å². The standard InChI is InChI=1S/C17H24N2OS/c1-10(20)18-15-19-13-8-11(16(2,3)4)12(17(5,6)7)9-14(13)21-15/h8-9H,1-7H3,(H,18,19,20). The average molecular weight is 304 g/mol. The van der Waals surface area contributed by atoms with E-state index in [2.05, 4.69) is 64.0 Å². The molecule has 0 saturated heterocycles. The van der Waals surface area contributed by atoms with Gasteiger partial charge in [0.1, 0.15) is 0 Å². The normalized spacial score (nSPS) is 12.7. The topological polar surface area (TPSA) is 42.0 Å². The van der Waals surface area contributed by atoms with Crippen molar-refractivity contribution >= 4 is 32.6 Å². The summed E-state index contributed by atoms with van der Waals surface area (Å²) in [6.45, 7) is 14.9. The molecule has 1 aromatic carbocycles. The summed E-state index contributed by atoms with van der Waals surface area (Å²) >= 11 is 1.53. The summed E-state index contributed by atoms with van der Waals surface area (Å²) in [7, 11) is 0. The molecule has 1 amide bonds. The number of anilines is 1. The van der Waals surface area contributed by atoms with Gasteiger partial charge in [0, 0.05) is 6.92 Å². The highest BCUT2D eigenvalue weighted by atomic mass is 32.1. The second-order valence-electron chi connectivity index (χ2n) is 7.57. The third-order valence-electron chi connectivity index (χ3n) is 3.43. The maximum Gasteiger partial charge on any atom is 0.223 e. The van der Waals surface area contributed by atoms with Gasteiger partial charge in [-0.3, -0.25) is 4.79 Å². The number of hydrogen-bond acceptors (Lipinski definition) is 3. The van der Waals surface area contributed by atoms with Gasteiger partial charge in [0.2, 0.25) is 5.91 Å². The van der Waals surface area contributed by atoms with Crippen LogP contribution in [0.15, 0.2) is 12.1 Å². The van der Waals surface area contributed by atoms with Gasteiger partial charge in [0.15, 0.2) is 5.13 Å². The molecule has 1 N–H and O–H groups in total. The van der Waals surface area contributed by atoms with Crippen LogP contribution in [0.1, 0.15) is 59.6 Å². The Balaban J connectivity index is 2.67. The Morgan fingerprint density at radius 3 is 2.05 bits per heavy atom. The zero-order valence-corrected chi connectivity index (χ0v) is 14.7. The molecule has 0 atom stereocenters. The molecule has 1 heterocycles. The smallest absolute Gasteiger partial charge is 0.223 e. The predicted octanol–water partition coefficient (Wildman–Crippen LogP) is 4.85. The number of hydrogen-bond donors (Lipinski definition) is 1. The zero-order chi connectivity index (χ0) is 16.0. The van der Waals surface area contributed by atoms with E-state index < -0.39 is 0 Å².